The molecule has 198 valence electrons. The maximum absolute atomic E-state index is 10.6. The Kier molecular flexibility index (Phi) is 8.95. The smallest absolute Gasteiger partial charge is 0.490 e. The maximum Gasteiger partial charge on any atom is 0.490 e. The summed E-state index contributed by atoms with van der Waals surface area (Å²) < 4.78 is 47.9. The molecule has 2 aromatic carbocycles. The number of aliphatic carboxylic acids is 1. The Morgan fingerprint density at radius 2 is 1.70 bits per heavy atom. The van der Waals surface area contributed by atoms with E-state index in [-0.39, 0.29) is 6.04 Å². The van der Waals surface area contributed by atoms with Crippen molar-refractivity contribution in [2.75, 3.05) is 38.3 Å². The zero-order valence-corrected chi connectivity index (χ0v) is 20.2. The molecule has 2 N–H and O–H groups in total. The zero-order chi connectivity index (χ0) is 27.0. The SMILES string of the molecule is COc1cc(Nc2nccc(N3OCCC3c3ccccc3)n2)cc(OC)c1OC.O=C(O)C(F)(F)F. The van der Waals surface area contributed by atoms with Gasteiger partial charge in [0.15, 0.2) is 17.3 Å². The van der Waals surface area contributed by atoms with E-state index in [0.717, 1.165) is 6.42 Å². The van der Waals surface area contributed by atoms with Crippen molar-refractivity contribution in [1.29, 1.82) is 0 Å². The lowest BCUT2D eigenvalue weighted by atomic mass is 10.0. The highest BCUT2D eigenvalue weighted by Crippen LogP contribution is 2.40. The van der Waals surface area contributed by atoms with Crippen LogP contribution < -0.4 is 24.6 Å². The number of hydrogen-bond donors (Lipinski definition) is 2. The third-order valence-electron chi connectivity index (χ3n) is 5.12. The van der Waals surface area contributed by atoms with Crippen LogP contribution in [0.3, 0.4) is 0 Å². The van der Waals surface area contributed by atoms with Crippen LogP contribution in [0.5, 0.6) is 17.2 Å². The molecule has 0 bridgehead atoms. The van der Waals surface area contributed by atoms with E-state index < -0.39 is 12.1 Å². The third-order valence-corrected chi connectivity index (χ3v) is 5.12. The first-order chi connectivity index (χ1) is 17.7. The summed E-state index contributed by atoms with van der Waals surface area (Å²) in [5, 5.41) is 12.2. The Labute approximate surface area is 210 Å². The fraction of sp³-hybridized carbons (Fsp3) is 0.292. The minimum atomic E-state index is -5.08. The number of carboxylic acids is 1. The summed E-state index contributed by atoms with van der Waals surface area (Å²) in [5.74, 6) is -0.0238. The number of nitrogens with one attached hydrogen (secondary N) is 1. The maximum atomic E-state index is 10.6. The minimum absolute atomic E-state index is 0.107. The lowest BCUT2D eigenvalue weighted by Crippen LogP contribution is -2.22. The van der Waals surface area contributed by atoms with Crippen LogP contribution >= 0.6 is 0 Å². The first-order valence-corrected chi connectivity index (χ1v) is 10.8. The van der Waals surface area contributed by atoms with Crippen LogP contribution in [0.2, 0.25) is 0 Å². The summed E-state index contributed by atoms with van der Waals surface area (Å²) in [5.41, 5.74) is 1.90. The van der Waals surface area contributed by atoms with Gasteiger partial charge in [0.05, 0.1) is 34.0 Å². The molecule has 1 saturated heterocycles. The molecule has 1 unspecified atom stereocenters. The number of halogens is 3. The van der Waals surface area contributed by atoms with E-state index in [4.69, 9.17) is 28.9 Å². The molecule has 1 aliphatic rings. The van der Waals surface area contributed by atoms with Crippen LogP contribution in [0.15, 0.2) is 54.7 Å². The van der Waals surface area contributed by atoms with Gasteiger partial charge in [-0.2, -0.15) is 18.2 Å². The van der Waals surface area contributed by atoms with Crippen molar-refractivity contribution in [1.82, 2.24) is 9.97 Å². The number of methoxy groups -OCH3 is 3. The summed E-state index contributed by atoms with van der Waals surface area (Å²) in [4.78, 5) is 23.8. The Morgan fingerprint density at radius 1 is 1.08 bits per heavy atom. The van der Waals surface area contributed by atoms with Crippen LogP contribution in [0.1, 0.15) is 18.0 Å². The van der Waals surface area contributed by atoms with Crippen LogP contribution in [-0.2, 0) is 9.63 Å². The highest BCUT2D eigenvalue weighted by Gasteiger charge is 2.38. The van der Waals surface area contributed by atoms with Gasteiger partial charge in [-0.25, -0.2) is 14.8 Å². The Hall–Kier alpha value is -4.26. The molecule has 3 aromatic rings. The van der Waals surface area contributed by atoms with Crippen LogP contribution in [0.25, 0.3) is 0 Å². The number of benzene rings is 2. The number of rotatable bonds is 7. The average Bonchev–Trinajstić information content (AvgIpc) is 3.39. The average molecular weight is 522 g/mol. The molecule has 4 rings (SSSR count). The highest BCUT2D eigenvalue weighted by atomic mass is 19.4. The number of hydrogen-bond acceptors (Lipinski definition) is 9. The van der Waals surface area contributed by atoms with E-state index in [1.54, 1.807) is 39.7 Å². The van der Waals surface area contributed by atoms with Crippen molar-refractivity contribution in [3.63, 3.8) is 0 Å². The number of anilines is 3. The Bertz CT molecular complexity index is 1170. The number of carbonyl (C=O) groups is 1. The van der Waals surface area contributed by atoms with Gasteiger partial charge in [0.25, 0.3) is 0 Å². The number of aromatic nitrogens is 2. The molecule has 1 fully saturated rings. The molecule has 0 saturated carbocycles. The first-order valence-electron chi connectivity index (χ1n) is 10.8. The van der Waals surface area contributed by atoms with Gasteiger partial charge in [0, 0.05) is 36.5 Å². The lowest BCUT2D eigenvalue weighted by Gasteiger charge is -2.24. The summed E-state index contributed by atoms with van der Waals surface area (Å²) in [6.45, 7) is 0.638. The fourth-order valence-electron chi connectivity index (χ4n) is 3.49. The molecule has 1 aliphatic heterocycles. The van der Waals surface area contributed by atoms with Crippen molar-refractivity contribution in [3.05, 3.63) is 60.3 Å². The predicted octanol–water partition coefficient (Wildman–Crippen LogP) is 4.76. The van der Waals surface area contributed by atoms with Gasteiger partial charge in [0.1, 0.15) is 0 Å². The van der Waals surface area contributed by atoms with E-state index in [9.17, 15) is 13.2 Å². The van der Waals surface area contributed by atoms with Crippen molar-refractivity contribution in [2.45, 2.75) is 18.6 Å². The summed E-state index contributed by atoms with van der Waals surface area (Å²) in [6.07, 6.45) is -2.49. The monoisotopic (exact) mass is 522 g/mol. The van der Waals surface area contributed by atoms with Gasteiger partial charge < -0.3 is 24.6 Å². The molecular weight excluding hydrogens is 497 g/mol. The first kappa shape index (κ1) is 27.3. The topological polar surface area (TPSA) is 115 Å². The lowest BCUT2D eigenvalue weighted by molar-refractivity contribution is -0.192. The third kappa shape index (κ3) is 6.91. The molecule has 0 aliphatic carbocycles. The Morgan fingerprint density at radius 3 is 2.24 bits per heavy atom. The number of ether oxygens (including phenoxy) is 3. The van der Waals surface area contributed by atoms with Crippen molar-refractivity contribution in [3.8, 4) is 17.2 Å². The van der Waals surface area contributed by atoms with Crippen LogP contribution in [0, 0.1) is 0 Å². The number of carboxylic acid groups (broad SMARTS) is 1. The van der Waals surface area contributed by atoms with E-state index in [2.05, 4.69) is 27.4 Å². The van der Waals surface area contributed by atoms with Crippen LogP contribution in [0.4, 0.5) is 30.6 Å². The second-order valence-corrected chi connectivity index (χ2v) is 7.45. The molecule has 10 nitrogen and oxygen atoms in total. The molecule has 13 heteroatoms. The summed E-state index contributed by atoms with van der Waals surface area (Å²) in [7, 11) is 4.72. The zero-order valence-electron chi connectivity index (χ0n) is 20.2. The Balaban J connectivity index is 0.000000479. The standard InChI is InChI=1S/C22H24N4O4.C2HF3O2/c1-27-18-13-16(14-19(28-2)21(18)29-3)24-22-23-11-9-20(25-22)26-17(10-12-30-26)15-7-5-4-6-8-15;3-2(4,5)1(6)7/h4-9,11,13-14,17H,10,12H2,1-3H3,(H,23,24,25);(H,6,7). The molecule has 2 heterocycles. The van der Waals surface area contributed by atoms with Crippen molar-refractivity contribution >= 4 is 23.4 Å². The van der Waals surface area contributed by atoms with Gasteiger partial charge in [-0.3, -0.25) is 4.84 Å². The highest BCUT2D eigenvalue weighted by molar-refractivity contribution is 5.73. The van der Waals surface area contributed by atoms with Gasteiger partial charge in [0.2, 0.25) is 11.7 Å². The number of hydroxylamine groups is 1. The molecule has 0 spiro atoms. The van der Waals surface area contributed by atoms with Gasteiger partial charge >= 0.3 is 12.1 Å². The molecule has 37 heavy (non-hydrogen) atoms. The quantitative estimate of drug-likeness (QED) is 0.450. The molecule has 0 amide bonds. The predicted molar refractivity (Wildman–Crippen MR) is 127 cm³/mol. The number of nitrogens with zero attached hydrogens (tertiary/aromatic N) is 3. The normalized spacial score (nSPS) is 14.9. The largest absolute Gasteiger partial charge is 0.493 e. The molecule has 1 aromatic heterocycles. The van der Waals surface area contributed by atoms with Gasteiger partial charge in [-0.1, -0.05) is 30.3 Å². The number of alkyl halides is 3. The van der Waals surface area contributed by atoms with E-state index in [0.29, 0.717) is 41.3 Å². The van der Waals surface area contributed by atoms with E-state index in [1.165, 1.54) is 5.56 Å². The van der Waals surface area contributed by atoms with Crippen molar-refractivity contribution < 1.29 is 42.1 Å². The van der Waals surface area contributed by atoms with Gasteiger partial charge in [-0.15, -0.1) is 0 Å². The molecule has 1 atom stereocenters. The van der Waals surface area contributed by atoms with Gasteiger partial charge in [-0.05, 0) is 5.56 Å². The second kappa shape index (κ2) is 12.1. The molecule has 0 radical (unpaired) electrons. The minimum Gasteiger partial charge on any atom is -0.493 e. The summed E-state index contributed by atoms with van der Waals surface area (Å²) in [6, 6.07) is 15.8. The van der Waals surface area contributed by atoms with Crippen molar-refractivity contribution in [2.24, 2.45) is 0 Å². The fourth-order valence-corrected chi connectivity index (χ4v) is 3.49. The molecular formula is C24H25F3N4O6. The summed E-state index contributed by atoms with van der Waals surface area (Å²) >= 11 is 0. The van der Waals surface area contributed by atoms with E-state index in [1.807, 2.05) is 29.3 Å². The second-order valence-electron chi connectivity index (χ2n) is 7.45. The van der Waals surface area contributed by atoms with E-state index >= 15 is 0 Å². The van der Waals surface area contributed by atoms with Crippen LogP contribution in [-0.4, -0.2) is 55.2 Å².